The number of esters is 1. The zero-order valence-corrected chi connectivity index (χ0v) is 45.4. The number of carbonyl (C=O) groups excluding carboxylic acids is 1. The largest absolute Gasteiger partial charge is 0.457 e. The number of allylic oxidation sites excluding steroid dienone is 10. The Kier molecular flexibility index (Phi) is 42.0. The maximum Gasteiger partial charge on any atom is 0.306 e. The third-order valence-electron chi connectivity index (χ3n) is 13.5. The van der Waals surface area contributed by atoms with E-state index in [4.69, 9.17) is 28.4 Å². The van der Waals surface area contributed by atoms with Crippen molar-refractivity contribution in [2.45, 2.75) is 274 Å². The van der Waals surface area contributed by atoms with Crippen LogP contribution in [0.25, 0.3) is 0 Å². The van der Waals surface area contributed by atoms with E-state index in [2.05, 4.69) is 74.6 Å². The number of hydrogen-bond acceptors (Lipinski definition) is 14. The molecule has 0 radical (unpaired) electrons. The fourth-order valence-corrected chi connectivity index (χ4v) is 8.90. The number of hydrogen-bond donors (Lipinski definition) is 7. The summed E-state index contributed by atoms with van der Waals surface area (Å²) in [4.78, 5) is 13.0. The van der Waals surface area contributed by atoms with E-state index in [1.807, 2.05) is 0 Å². The zero-order chi connectivity index (χ0) is 53.0. The van der Waals surface area contributed by atoms with Crippen molar-refractivity contribution in [1.29, 1.82) is 0 Å². The molecule has 0 aromatic carbocycles. The van der Waals surface area contributed by atoms with Gasteiger partial charge in [0.1, 0.15) is 54.9 Å². The minimum atomic E-state index is -1.71. The average molecular weight is 1040 g/mol. The van der Waals surface area contributed by atoms with Crippen LogP contribution in [0.5, 0.6) is 0 Å². The number of carbonyl (C=O) groups is 1. The molecular formula is C59H104O14. The number of aliphatic hydroxyl groups excluding tert-OH is 7. The van der Waals surface area contributed by atoms with Gasteiger partial charge in [-0.2, -0.15) is 0 Å². The van der Waals surface area contributed by atoms with Gasteiger partial charge >= 0.3 is 5.97 Å². The summed E-state index contributed by atoms with van der Waals surface area (Å²) in [6.45, 7) is 3.57. The molecule has 0 aromatic heterocycles. The van der Waals surface area contributed by atoms with Gasteiger partial charge in [-0.3, -0.25) is 4.79 Å². The monoisotopic (exact) mass is 1040 g/mol. The minimum Gasteiger partial charge on any atom is -0.457 e. The summed E-state index contributed by atoms with van der Waals surface area (Å²) in [7, 11) is 0. The molecule has 11 atom stereocenters. The molecule has 2 aliphatic heterocycles. The lowest BCUT2D eigenvalue weighted by atomic mass is 9.98. The highest BCUT2D eigenvalue weighted by molar-refractivity contribution is 5.69. The van der Waals surface area contributed by atoms with Crippen molar-refractivity contribution in [3.8, 4) is 0 Å². The zero-order valence-electron chi connectivity index (χ0n) is 45.4. The van der Waals surface area contributed by atoms with Crippen molar-refractivity contribution in [2.24, 2.45) is 0 Å². The second-order valence-corrected chi connectivity index (χ2v) is 20.1. The van der Waals surface area contributed by atoms with Crippen molar-refractivity contribution in [3.05, 3.63) is 60.8 Å². The van der Waals surface area contributed by atoms with E-state index in [0.717, 1.165) is 77.0 Å². The van der Waals surface area contributed by atoms with Gasteiger partial charge in [-0.25, -0.2) is 0 Å². The predicted octanol–water partition coefficient (Wildman–Crippen LogP) is 10.1. The highest BCUT2D eigenvalue weighted by atomic mass is 16.7. The van der Waals surface area contributed by atoms with Crippen LogP contribution in [0.4, 0.5) is 0 Å². The minimum absolute atomic E-state index is 0.0586. The highest BCUT2D eigenvalue weighted by Gasteiger charge is 2.47. The van der Waals surface area contributed by atoms with Crippen LogP contribution in [0.15, 0.2) is 60.8 Å². The molecule has 2 rings (SSSR count). The second-order valence-electron chi connectivity index (χ2n) is 20.1. The molecule has 0 spiro atoms. The van der Waals surface area contributed by atoms with E-state index in [9.17, 15) is 40.5 Å². The summed E-state index contributed by atoms with van der Waals surface area (Å²) in [5.74, 6) is -0.378. The Balaban J connectivity index is 1.68. The van der Waals surface area contributed by atoms with E-state index in [-0.39, 0.29) is 25.6 Å². The number of ether oxygens (including phenoxy) is 6. The summed E-state index contributed by atoms with van der Waals surface area (Å²) < 4.78 is 34.4. The summed E-state index contributed by atoms with van der Waals surface area (Å²) in [6, 6.07) is 0. The third kappa shape index (κ3) is 32.8. The quantitative estimate of drug-likeness (QED) is 0.0172. The van der Waals surface area contributed by atoms with Crippen molar-refractivity contribution >= 4 is 5.97 Å². The van der Waals surface area contributed by atoms with Crippen molar-refractivity contribution < 1.29 is 69.0 Å². The molecule has 0 bridgehead atoms. The van der Waals surface area contributed by atoms with E-state index in [0.29, 0.717) is 13.0 Å². The van der Waals surface area contributed by atoms with Crippen LogP contribution in [0, 0.1) is 0 Å². The normalized spacial score (nSPS) is 25.4. The van der Waals surface area contributed by atoms with Gasteiger partial charge in [-0.1, -0.05) is 203 Å². The van der Waals surface area contributed by atoms with Gasteiger partial charge in [-0.15, -0.1) is 0 Å². The van der Waals surface area contributed by atoms with Crippen LogP contribution in [0.3, 0.4) is 0 Å². The van der Waals surface area contributed by atoms with Gasteiger partial charge in [0.25, 0.3) is 0 Å². The maximum atomic E-state index is 13.0. The molecule has 14 nitrogen and oxygen atoms in total. The van der Waals surface area contributed by atoms with E-state index < -0.39 is 80.7 Å². The topological polar surface area (TPSA) is 214 Å². The molecule has 2 fully saturated rings. The fraction of sp³-hybridized carbons (Fsp3) is 0.814. The molecule has 0 aliphatic carbocycles. The molecular weight excluding hydrogens is 933 g/mol. The second kappa shape index (κ2) is 45.8. The Morgan fingerprint density at radius 3 is 1.40 bits per heavy atom. The SMILES string of the molecule is CC/C=C\C/C=C\C/C=C\C/C=C\C/C=C\CCCCCCCCCCCCOCC(COC1OC(COC2OC(CO)C(O)C(O)C2O)C(O)C(O)C1O)OC(=O)CCCCCCCCCCCCCCC. The van der Waals surface area contributed by atoms with E-state index in [1.165, 1.54) is 103 Å². The van der Waals surface area contributed by atoms with Crippen LogP contribution < -0.4 is 0 Å². The Hall–Kier alpha value is -2.31. The van der Waals surface area contributed by atoms with E-state index in [1.54, 1.807) is 0 Å². The summed E-state index contributed by atoms with van der Waals surface area (Å²) in [6.07, 6.45) is 40.0. The molecule has 73 heavy (non-hydrogen) atoms. The molecule has 7 N–H and O–H groups in total. The Morgan fingerprint density at radius 1 is 0.466 bits per heavy atom. The lowest BCUT2D eigenvalue weighted by Crippen LogP contribution is -2.61. The Morgan fingerprint density at radius 2 is 0.890 bits per heavy atom. The highest BCUT2D eigenvalue weighted by Crippen LogP contribution is 2.27. The van der Waals surface area contributed by atoms with E-state index >= 15 is 0 Å². The lowest BCUT2D eigenvalue weighted by Gasteiger charge is -2.42. The molecule has 14 heteroatoms. The van der Waals surface area contributed by atoms with Crippen LogP contribution in [0.1, 0.15) is 206 Å². The molecule has 2 saturated heterocycles. The predicted molar refractivity (Wildman–Crippen MR) is 289 cm³/mol. The van der Waals surface area contributed by atoms with Crippen molar-refractivity contribution in [2.75, 3.05) is 33.0 Å². The summed E-state index contributed by atoms with van der Waals surface area (Å²) >= 11 is 0. The van der Waals surface area contributed by atoms with Crippen LogP contribution in [-0.2, 0) is 33.2 Å². The standard InChI is InChI=1S/C59H104O14/c1-3-5-7-9-11-13-15-17-18-19-20-21-22-23-24-25-26-27-28-29-31-33-35-37-39-41-43-68-45-48(71-51(61)42-40-38-36-34-32-30-16-14-12-10-8-6-4-2)46-69-58-57(67)55(65)53(63)50(73-58)47-70-59-56(66)54(64)52(62)49(44-60)72-59/h5,7,11,13,17-18,20-21,23-24,48-50,52-60,62-67H,3-4,6,8-10,12,14-16,19,22,25-47H2,1-2H3/b7-5-,13-11-,18-17-,21-20-,24-23-. The van der Waals surface area contributed by atoms with Gasteiger partial charge in [0.05, 0.1) is 26.4 Å². The first kappa shape index (κ1) is 66.8. The third-order valence-corrected chi connectivity index (χ3v) is 13.5. The van der Waals surface area contributed by atoms with Gasteiger partial charge in [0.2, 0.25) is 0 Å². The first-order chi connectivity index (χ1) is 35.6. The fourth-order valence-electron chi connectivity index (χ4n) is 8.90. The van der Waals surface area contributed by atoms with Crippen LogP contribution in [-0.4, -0.2) is 142 Å². The summed E-state index contributed by atoms with van der Waals surface area (Å²) in [5, 5.41) is 72.3. The average Bonchev–Trinajstić information content (AvgIpc) is 3.39. The molecule has 0 amide bonds. The Bertz CT molecular complexity index is 1440. The number of unbranched alkanes of at least 4 members (excludes halogenated alkanes) is 22. The van der Waals surface area contributed by atoms with Crippen molar-refractivity contribution in [1.82, 2.24) is 0 Å². The van der Waals surface area contributed by atoms with Gasteiger partial charge in [-0.05, 0) is 57.8 Å². The molecule has 424 valence electrons. The summed E-state index contributed by atoms with van der Waals surface area (Å²) in [5.41, 5.74) is 0. The molecule has 2 aliphatic rings. The Labute approximate surface area is 441 Å². The molecule has 11 unspecified atom stereocenters. The molecule has 2 heterocycles. The van der Waals surface area contributed by atoms with Crippen LogP contribution in [0.2, 0.25) is 0 Å². The lowest BCUT2D eigenvalue weighted by molar-refractivity contribution is -0.332. The number of rotatable bonds is 46. The molecule has 0 aromatic rings. The first-order valence-corrected chi connectivity index (χ1v) is 28.9. The maximum absolute atomic E-state index is 13.0. The smallest absolute Gasteiger partial charge is 0.306 e. The van der Waals surface area contributed by atoms with Gasteiger partial charge < -0.3 is 64.2 Å². The van der Waals surface area contributed by atoms with Gasteiger partial charge in [0.15, 0.2) is 12.6 Å². The number of aliphatic hydroxyl groups is 7. The van der Waals surface area contributed by atoms with Crippen molar-refractivity contribution in [3.63, 3.8) is 0 Å². The molecule has 0 saturated carbocycles. The first-order valence-electron chi connectivity index (χ1n) is 28.9. The van der Waals surface area contributed by atoms with Gasteiger partial charge in [0, 0.05) is 13.0 Å². The van der Waals surface area contributed by atoms with Crippen LogP contribution >= 0.6 is 0 Å².